The molecule has 0 saturated heterocycles. The molecule has 27 heavy (non-hydrogen) atoms. The van der Waals surface area contributed by atoms with E-state index < -0.39 is 0 Å². The number of amides is 2. The van der Waals surface area contributed by atoms with Crippen LogP contribution in [0.15, 0.2) is 58.7 Å². The molecule has 0 atom stereocenters. The molecule has 140 valence electrons. The van der Waals surface area contributed by atoms with Crippen LogP contribution in [0.2, 0.25) is 0 Å². The molecule has 6 nitrogen and oxygen atoms in total. The maximum Gasteiger partial charge on any atom is 0.240 e. The van der Waals surface area contributed by atoms with E-state index in [1.165, 1.54) is 0 Å². The third kappa shape index (κ3) is 9.09. The van der Waals surface area contributed by atoms with Gasteiger partial charge in [0.25, 0.3) is 0 Å². The Balaban J connectivity index is 1.63. The average Bonchev–Trinajstić information content (AvgIpc) is 2.62. The molecule has 2 aromatic carbocycles. The van der Waals surface area contributed by atoms with Gasteiger partial charge in [-0.1, -0.05) is 24.3 Å². The summed E-state index contributed by atoms with van der Waals surface area (Å²) in [4.78, 5) is 23.4. The first kappa shape index (κ1) is 21.5. The molecule has 0 aliphatic carbocycles. The van der Waals surface area contributed by atoms with Crippen molar-refractivity contribution in [1.82, 2.24) is 10.9 Å². The summed E-state index contributed by atoms with van der Waals surface area (Å²) in [5.41, 5.74) is 6.74. The van der Waals surface area contributed by atoms with E-state index in [2.05, 4.69) is 66.2 Å². The van der Waals surface area contributed by atoms with Crippen molar-refractivity contribution in [2.75, 3.05) is 0 Å². The van der Waals surface area contributed by atoms with Crippen molar-refractivity contribution >= 4 is 69.4 Å². The minimum atomic E-state index is -0.230. The number of hydrogen-bond donors (Lipinski definition) is 2. The fourth-order valence-corrected chi connectivity index (χ4v) is 3.19. The molecule has 2 amide bonds. The van der Waals surface area contributed by atoms with Gasteiger partial charge in [0.15, 0.2) is 0 Å². The van der Waals surface area contributed by atoms with Crippen LogP contribution in [0.4, 0.5) is 0 Å². The van der Waals surface area contributed by atoms with Crippen LogP contribution in [0.1, 0.15) is 30.4 Å². The van der Waals surface area contributed by atoms with Gasteiger partial charge < -0.3 is 0 Å². The lowest BCUT2D eigenvalue weighted by molar-refractivity contribution is -0.122. The number of carbonyl (C=O) groups excluding carboxylic acids is 2. The summed E-state index contributed by atoms with van der Waals surface area (Å²) in [6, 6.07) is 15.5. The summed E-state index contributed by atoms with van der Waals surface area (Å²) in [5, 5.41) is 7.84. The summed E-state index contributed by atoms with van der Waals surface area (Å²) in [7, 11) is 0. The molecule has 2 rings (SSSR count). The van der Waals surface area contributed by atoms with Crippen molar-refractivity contribution in [2.45, 2.75) is 19.3 Å². The molecule has 0 unspecified atom stereocenters. The zero-order valence-electron chi connectivity index (χ0n) is 14.4. The summed E-state index contributed by atoms with van der Waals surface area (Å²) in [6.45, 7) is 0. The van der Waals surface area contributed by atoms with Gasteiger partial charge in [-0.25, -0.2) is 10.9 Å². The van der Waals surface area contributed by atoms with Crippen LogP contribution in [-0.4, -0.2) is 24.2 Å². The molecule has 0 aliphatic heterocycles. The summed E-state index contributed by atoms with van der Waals surface area (Å²) >= 11 is 4.42. The Kier molecular flexibility index (Phi) is 9.39. The first-order valence-electron chi connectivity index (χ1n) is 8.18. The molecule has 0 saturated carbocycles. The van der Waals surface area contributed by atoms with Crippen molar-refractivity contribution in [3.8, 4) is 0 Å². The highest BCUT2D eigenvalue weighted by atomic mass is 127. The molecule has 0 fully saturated rings. The topological polar surface area (TPSA) is 82.9 Å². The van der Waals surface area contributed by atoms with Crippen LogP contribution < -0.4 is 10.9 Å². The van der Waals surface area contributed by atoms with Crippen molar-refractivity contribution in [3.05, 3.63) is 66.8 Å². The molecule has 0 spiro atoms. The Morgan fingerprint density at radius 1 is 0.815 bits per heavy atom. The molecule has 0 aromatic heterocycles. The lowest BCUT2D eigenvalue weighted by atomic mass is 10.2. The van der Waals surface area contributed by atoms with Crippen LogP contribution in [0, 0.1) is 7.14 Å². The van der Waals surface area contributed by atoms with Crippen molar-refractivity contribution < 1.29 is 9.59 Å². The highest BCUT2D eigenvalue weighted by Crippen LogP contribution is 2.06. The van der Waals surface area contributed by atoms with E-state index in [9.17, 15) is 9.59 Å². The second-order valence-electron chi connectivity index (χ2n) is 5.55. The molecular weight excluding hydrogens is 570 g/mol. The largest absolute Gasteiger partial charge is 0.273 e. The summed E-state index contributed by atoms with van der Waals surface area (Å²) in [6.07, 6.45) is 4.04. The zero-order chi connectivity index (χ0) is 19.5. The van der Waals surface area contributed by atoms with Crippen LogP contribution in [-0.2, 0) is 9.59 Å². The standard InChI is InChI=1S/C19H18I2N4O2/c20-16-6-1-4-14(10-16)12-22-24-18(26)8-3-9-19(27)25-23-13-15-5-2-7-17(21)11-15/h1-2,4-7,10-13H,3,8-9H2,(H,24,26)(H,25,27)/b22-12+,23-13+. The van der Waals surface area contributed by atoms with E-state index >= 15 is 0 Å². The molecule has 8 heteroatoms. The lowest BCUT2D eigenvalue weighted by Crippen LogP contribution is -2.20. The smallest absolute Gasteiger partial charge is 0.240 e. The third-order valence-electron chi connectivity index (χ3n) is 3.31. The number of halogens is 2. The predicted octanol–water partition coefficient (Wildman–Crippen LogP) is 3.67. The Morgan fingerprint density at radius 2 is 1.26 bits per heavy atom. The second kappa shape index (κ2) is 11.8. The van der Waals surface area contributed by atoms with Crippen LogP contribution in [0.25, 0.3) is 0 Å². The first-order valence-corrected chi connectivity index (χ1v) is 10.3. The minimum Gasteiger partial charge on any atom is -0.273 e. The fourth-order valence-electron chi connectivity index (χ4n) is 2.05. The van der Waals surface area contributed by atoms with Crippen molar-refractivity contribution in [3.63, 3.8) is 0 Å². The monoisotopic (exact) mass is 588 g/mol. The van der Waals surface area contributed by atoms with E-state index in [1.54, 1.807) is 12.4 Å². The second-order valence-corrected chi connectivity index (χ2v) is 8.04. The highest BCUT2D eigenvalue weighted by molar-refractivity contribution is 14.1. The van der Waals surface area contributed by atoms with Crippen LogP contribution >= 0.6 is 45.2 Å². The SMILES string of the molecule is O=C(CCCC(=O)N/N=C/c1cccc(I)c1)N/N=C/c1cccc(I)c1. The summed E-state index contributed by atoms with van der Waals surface area (Å²) in [5.74, 6) is -0.459. The van der Waals surface area contributed by atoms with Gasteiger partial charge in [0, 0.05) is 20.0 Å². The Bertz CT molecular complexity index is 784. The molecule has 0 aliphatic rings. The molecule has 0 radical (unpaired) electrons. The molecule has 2 N–H and O–H groups in total. The normalized spacial score (nSPS) is 11.0. The molecular formula is C19H18I2N4O2. The lowest BCUT2D eigenvalue weighted by Gasteiger charge is -2.01. The third-order valence-corrected chi connectivity index (χ3v) is 4.65. The molecule has 2 aromatic rings. The molecule has 0 bridgehead atoms. The van der Waals surface area contributed by atoms with Crippen LogP contribution in [0.5, 0.6) is 0 Å². The van der Waals surface area contributed by atoms with E-state index in [0.29, 0.717) is 6.42 Å². The first-order chi connectivity index (χ1) is 13.0. The number of rotatable bonds is 8. The number of hydrazone groups is 2. The number of nitrogens with zero attached hydrogens (tertiary/aromatic N) is 2. The van der Waals surface area contributed by atoms with Gasteiger partial charge >= 0.3 is 0 Å². The Labute approximate surface area is 185 Å². The van der Waals surface area contributed by atoms with Gasteiger partial charge in [0.2, 0.25) is 11.8 Å². The van der Waals surface area contributed by atoms with Gasteiger partial charge in [-0.15, -0.1) is 0 Å². The zero-order valence-corrected chi connectivity index (χ0v) is 18.7. The van der Waals surface area contributed by atoms with Gasteiger partial charge in [-0.2, -0.15) is 10.2 Å². The van der Waals surface area contributed by atoms with Crippen LogP contribution in [0.3, 0.4) is 0 Å². The van der Waals surface area contributed by atoms with Gasteiger partial charge in [-0.05, 0) is 87.0 Å². The Hall–Kier alpha value is -1.82. The van der Waals surface area contributed by atoms with Gasteiger partial charge in [0.05, 0.1) is 12.4 Å². The van der Waals surface area contributed by atoms with E-state index in [-0.39, 0.29) is 24.7 Å². The number of hydrogen-bond acceptors (Lipinski definition) is 4. The fraction of sp³-hybridized carbons (Fsp3) is 0.158. The van der Waals surface area contributed by atoms with E-state index in [0.717, 1.165) is 18.3 Å². The average molecular weight is 588 g/mol. The number of nitrogens with one attached hydrogen (secondary N) is 2. The van der Waals surface area contributed by atoms with Crippen molar-refractivity contribution in [2.24, 2.45) is 10.2 Å². The maximum absolute atomic E-state index is 11.7. The van der Waals surface area contributed by atoms with Crippen molar-refractivity contribution in [1.29, 1.82) is 0 Å². The van der Waals surface area contributed by atoms with Gasteiger partial charge in [-0.3, -0.25) is 9.59 Å². The van der Waals surface area contributed by atoms with E-state index in [1.807, 2.05) is 48.5 Å². The minimum absolute atomic E-state index is 0.220. The van der Waals surface area contributed by atoms with E-state index in [4.69, 9.17) is 0 Å². The Morgan fingerprint density at radius 3 is 1.67 bits per heavy atom. The number of benzene rings is 2. The predicted molar refractivity (Wildman–Crippen MR) is 124 cm³/mol. The quantitative estimate of drug-likeness (QED) is 0.281. The van der Waals surface area contributed by atoms with Gasteiger partial charge in [0.1, 0.15) is 0 Å². The molecule has 0 heterocycles. The summed E-state index contributed by atoms with van der Waals surface area (Å²) < 4.78 is 2.19. The maximum atomic E-state index is 11.7. The highest BCUT2D eigenvalue weighted by Gasteiger charge is 2.04. The number of carbonyl (C=O) groups is 2.